The molecule has 24 aromatic rings. The van der Waals surface area contributed by atoms with Crippen molar-refractivity contribution in [1.82, 2.24) is 117 Å². The molecule has 6 N–H and O–H groups in total. The Hall–Kier alpha value is -16.6. The number of nitrogens with zero attached hydrogens (tertiary/aromatic N) is 18. The Morgan fingerprint density at radius 3 is 0.898 bits per heavy atom. The fourth-order valence-corrected chi connectivity index (χ4v) is 22.4. The van der Waals surface area contributed by atoms with E-state index in [9.17, 15) is 41.9 Å². The summed E-state index contributed by atoms with van der Waals surface area (Å²) in [6.45, 7) is 20.9. The Kier molecular flexibility index (Phi) is 27.3. The summed E-state index contributed by atoms with van der Waals surface area (Å²) in [4.78, 5) is 146. The molecule has 0 fully saturated rings. The molecule has 147 heavy (non-hydrogen) atoms. The van der Waals surface area contributed by atoms with E-state index in [2.05, 4.69) is 208 Å². The second kappa shape index (κ2) is 40.5. The quantitative estimate of drug-likeness (QED) is 0.0661. The molecule has 39 heteroatoms. The van der Waals surface area contributed by atoms with Gasteiger partial charge in [-0.3, -0.25) is 28.8 Å². The number of rotatable bonds is 12. The standard InChI is InChI=1S/2C20H20N4OS.C17H12F2N4OS.C17H13FN4OS.2C17H14N4OS/c2*1-20(2,3)13-7-5-12(6-8-13)14-11-26-16-15(14)22-17(23-19(16)25)18-21-9-10-24(18)4;1-8-12(10-4-3-9(18)7-11(10)19)13-14(25-8)17(24)22-15(21-13)16-20-5-6-23(16)2;1-9-7-10(18)3-4-11(9)12-8-24-14-13(12)20-15(21-17(14)23)16-19-5-6-22(16)2;1-10-4-3-5-11(8-10)12-9-23-14-13(12)19-15(20-17(14)22)16-18-6-7-21(16)2;1-10-5-3-4-6-11(10)12-9-23-14-13(12)19-15(20-17(14)22)16-18-7-8-21(16)2/h2*5-11H,1-4H3,(H,22,23,25);3-7H,1-2H3,(H,21,22,24);3-8H,1-2H3,(H,20,21,23);2*3-9H,1-2H3,(H,19,20,22). The van der Waals surface area contributed by atoms with E-state index in [4.69, 9.17) is 9.97 Å². The van der Waals surface area contributed by atoms with Crippen molar-refractivity contribution in [3.05, 3.63) is 347 Å². The van der Waals surface area contributed by atoms with Crippen LogP contribution in [-0.2, 0) is 53.1 Å². The highest BCUT2D eigenvalue weighted by molar-refractivity contribution is 7.20. The Morgan fingerprint density at radius 2 is 0.585 bits per heavy atom. The van der Waals surface area contributed by atoms with Crippen LogP contribution in [0, 0.1) is 45.1 Å². The fraction of sp³-hybridized carbons (Fsp3) is 0.167. The van der Waals surface area contributed by atoms with Crippen LogP contribution in [0.3, 0.4) is 0 Å². The number of hydrogen-bond acceptors (Lipinski definition) is 24. The maximum atomic E-state index is 14.3. The van der Waals surface area contributed by atoms with E-state index in [1.165, 1.54) is 109 Å². The molecule has 0 aliphatic carbocycles. The summed E-state index contributed by atoms with van der Waals surface area (Å²) in [5.41, 5.74) is 19.4. The van der Waals surface area contributed by atoms with E-state index >= 15 is 0 Å². The van der Waals surface area contributed by atoms with Crippen molar-refractivity contribution in [2.24, 2.45) is 42.3 Å². The first-order valence-electron chi connectivity index (χ1n) is 46.0. The molecule has 24 rings (SSSR count). The highest BCUT2D eigenvalue weighted by Gasteiger charge is 2.27. The molecule has 30 nitrogen and oxygen atoms in total. The van der Waals surface area contributed by atoms with Crippen LogP contribution < -0.4 is 33.4 Å². The van der Waals surface area contributed by atoms with Crippen LogP contribution in [0.1, 0.15) is 74.2 Å². The molecular formula is C108H93F3N24O6S6. The Balaban J connectivity index is 0.000000111. The van der Waals surface area contributed by atoms with Crippen molar-refractivity contribution >= 4 is 129 Å². The topological polar surface area (TPSA) is 381 Å². The van der Waals surface area contributed by atoms with Gasteiger partial charge >= 0.3 is 0 Å². The van der Waals surface area contributed by atoms with Gasteiger partial charge in [0.15, 0.2) is 69.9 Å². The molecule has 0 amide bonds. The fourth-order valence-electron chi connectivity index (χ4n) is 16.9. The average Bonchev–Trinajstić information content (AvgIpc) is 1.54. The lowest BCUT2D eigenvalue weighted by molar-refractivity contribution is 0.585. The normalized spacial score (nSPS) is 11.5. The molecule has 0 aliphatic rings. The molecule has 0 saturated carbocycles. The van der Waals surface area contributed by atoms with Crippen LogP contribution in [0.25, 0.3) is 198 Å². The minimum atomic E-state index is -0.691. The lowest BCUT2D eigenvalue weighted by atomic mass is 9.86. The van der Waals surface area contributed by atoms with Crippen molar-refractivity contribution in [3.63, 3.8) is 0 Å². The summed E-state index contributed by atoms with van der Waals surface area (Å²) in [7, 11) is 11.1. The monoisotopic (exact) mass is 2070 g/mol. The number of imidazole rings is 6. The average molecular weight is 2070 g/mol. The number of benzene rings is 6. The summed E-state index contributed by atoms with van der Waals surface area (Å²) in [5, 5.41) is 9.87. The van der Waals surface area contributed by atoms with Crippen LogP contribution in [0.4, 0.5) is 13.2 Å². The van der Waals surface area contributed by atoms with Gasteiger partial charge in [0.1, 0.15) is 45.7 Å². The van der Waals surface area contributed by atoms with Gasteiger partial charge in [0.05, 0.1) is 33.1 Å². The Labute approximate surface area is 859 Å². The molecule has 738 valence electrons. The van der Waals surface area contributed by atoms with E-state index in [1.54, 1.807) is 78.7 Å². The third-order valence-electron chi connectivity index (χ3n) is 24.6. The van der Waals surface area contributed by atoms with Crippen LogP contribution in [-0.4, -0.2) is 117 Å². The van der Waals surface area contributed by atoms with Gasteiger partial charge in [0, 0.05) is 193 Å². The number of fused-ring (bicyclic) bond motifs is 6. The molecule has 0 saturated heterocycles. The van der Waals surface area contributed by atoms with Crippen LogP contribution in [0.2, 0.25) is 0 Å². The molecular weight excluding hydrogens is 1980 g/mol. The first-order valence-corrected chi connectivity index (χ1v) is 51.2. The smallest absolute Gasteiger partial charge is 0.269 e. The molecule has 0 atom stereocenters. The second-order valence-electron chi connectivity index (χ2n) is 36.9. The summed E-state index contributed by atoms with van der Waals surface area (Å²) in [6, 6.07) is 41.3. The van der Waals surface area contributed by atoms with E-state index < -0.39 is 11.6 Å². The molecule has 0 spiro atoms. The van der Waals surface area contributed by atoms with E-state index in [1.807, 2.05) is 136 Å². The zero-order valence-electron chi connectivity index (χ0n) is 82.1. The summed E-state index contributed by atoms with van der Waals surface area (Å²) in [5.74, 6) is 4.69. The maximum Gasteiger partial charge on any atom is 0.269 e. The second-order valence-corrected chi connectivity index (χ2v) is 42.5. The largest absolute Gasteiger partial charge is 0.331 e. The van der Waals surface area contributed by atoms with Gasteiger partial charge in [-0.05, 0) is 113 Å². The number of halogens is 3. The lowest BCUT2D eigenvalue weighted by Crippen LogP contribution is -2.10. The Morgan fingerprint density at radius 1 is 0.286 bits per heavy atom. The van der Waals surface area contributed by atoms with Gasteiger partial charge in [-0.2, -0.15) is 0 Å². The molecule has 18 aromatic heterocycles. The van der Waals surface area contributed by atoms with E-state index in [-0.39, 0.29) is 55.6 Å². The number of nitrogens with one attached hydrogen (secondary N) is 6. The van der Waals surface area contributed by atoms with Gasteiger partial charge in [-0.15, -0.1) is 68.0 Å². The third kappa shape index (κ3) is 20.1. The van der Waals surface area contributed by atoms with Gasteiger partial charge < -0.3 is 57.3 Å². The molecule has 0 radical (unpaired) electrons. The maximum absolute atomic E-state index is 14.3. The van der Waals surface area contributed by atoms with Crippen LogP contribution >= 0.6 is 68.0 Å². The molecule has 18 heterocycles. The number of aromatic nitrogens is 24. The summed E-state index contributed by atoms with van der Waals surface area (Å²) >= 11 is 8.24. The van der Waals surface area contributed by atoms with Crippen LogP contribution in [0.5, 0.6) is 0 Å². The third-order valence-corrected chi connectivity index (χ3v) is 30.6. The highest BCUT2D eigenvalue weighted by Crippen LogP contribution is 2.42. The number of thiophene rings is 6. The van der Waals surface area contributed by atoms with E-state index in [0.29, 0.717) is 115 Å². The zero-order chi connectivity index (χ0) is 103. The van der Waals surface area contributed by atoms with Gasteiger partial charge in [0.25, 0.3) is 33.4 Å². The SMILES string of the molecule is Cc1cc(F)ccc1-c1csc2c(=O)[nH]c(-c3nccn3C)nc12.Cc1cccc(-c2csc3c(=O)[nH]c(-c4nccn4C)nc23)c1.Cc1ccccc1-c1csc2c(=O)[nH]c(-c3nccn3C)nc12.Cc1sc2c(=O)[nH]c(-c3nccn3C)nc2c1-c1ccc(F)cc1F.Cn1ccnc1-c1nc2c(-c3ccc(C(C)(C)C)cc3)csc2c(=O)[nH]1.Cn1ccnc1-c1nc2c(-c3ccc(C(C)(C)C)cc3)csc2c(=O)[nH]1. The highest BCUT2D eigenvalue weighted by atomic mass is 32.1. The van der Waals surface area contributed by atoms with Crippen molar-refractivity contribution < 1.29 is 13.2 Å². The number of aryl methyl sites for hydroxylation is 10. The minimum absolute atomic E-state index is 0.107. The van der Waals surface area contributed by atoms with Gasteiger partial charge in [-0.1, -0.05) is 150 Å². The predicted octanol–water partition coefficient (Wildman–Crippen LogP) is 22.6. The predicted molar refractivity (Wildman–Crippen MR) is 583 cm³/mol. The number of hydrogen-bond donors (Lipinski definition) is 6. The van der Waals surface area contributed by atoms with E-state index in [0.717, 1.165) is 99.8 Å². The first kappa shape index (κ1) is 99.2. The molecule has 0 bridgehead atoms. The number of aromatic amines is 6. The molecule has 0 aliphatic heterocycles. The number of H-pyrrole nitrogens is 6. The van der Waals surface area contributed by atoms with Gasteiger partial charge in [0.2, 0.25) is 0 Å². The molecule has 0 unspecified atom stereocenters. The Bertz CT molecular complexity index is 9360. The summed E-state index contributed by atoms with van der Waals surface area (Å²) < 4.78 is 55.3. The first-order chi connectivity index (χ1) is 70.5. The van der Waals surface area contributed by atoms with Gasteiger partial charge in [-0.25, -0.2) is 73.0 Å². The van der Waals surface area contributed by atoms with Crippen molar-refractivity contribution in [2.45, 2.75) is 80.1 Å². The summed E-state index contributed by atoms with van der Waals surface area (Å²) in [6.07, 6.45) is 20.9. The van der Waals surface area contributed by atoms with Crippen LogP contribution in [0.15, 0.2) is 263 Å². The lowest BCUT2D eigenvalue weighted by Gasteiger charge is -2.19. The zero-order valence-corrected chi connectivity index (χ0v) is 87.0. The van der Waals surface area contributed by atoms with Crippen molar-refractivity contribution in [2.75, 3.05) is 0 Å². The minimum Gasteiger partial charge on any atom is -0.331 e. The van der Waals surface area contributed by atoms with Crippen molar-refractivity contribution in [1.29, 1.82) is 0 Å². The van der Waals surface area contributed by atoms with Crippen molar-refractivity contribution in [3.8, 4) is 137 Å². The molecule has 6 aromatic carbocycles.